The van der Waals surface area contributed by atoms with Gasteiger partial charge < -0.3 is 10.3 Å². The van der Waals surface area contributed by atoms with Crippen LogP contribution < -0.4 is 10.9 Å². The fraction of sp³-hybridized carbons (Fsp3) is 0.444. The molecule has 1 aromatic heterocycles. The van der Waals surface area contributed by atoms with E-state index in [2.05, 4.69) is 29.0 Å². The average Bonchev–Trinajstić information content (AvgIpc) is 3.07. The van der Waals surface area contributed by atoms with Crippen LogP contribution >= 0.6 is 0 Å². The second-order valence-corrected chi connectivity index (χ2v) is 6.93. The molecule has 1 aromatic carbocycles. The lowest BCUT2D eigenvalue weighted by atomic mass is 10.0. The van der Waals surface area contributed by atoms with Crippen molar-refractivity contribution in [1.29, 1.82) is 0 Å². The number of aromatic amines is 1. The van der Waals surface area contributed by atoms with E-state index in [4.69, 9.17) is 0 Å². The maximum absolute atomic E-state index is 13.2. The molecule has 0 aliphatic carbocycles. The van der Waals surface area contributed by atoms with Gasteiger partial charge >= 0.3 is 0 Å². The van der Waals surface area contributed by atoms with E-state index < -0.39 is 17.3 Å². The SMILES string of the molecule is CC(C)(CNC(=O)c1cc2ccc(F)cc2[nH]c1=O)N1CCCC1. The number of nitrogens with zero attached hydrogens (tertiary/aromatic N) is 1. The first kappa shape index (κ1) is 16.6. The molecule has 0 bridgehead atoms. The van der Waals surface area contributed by atoms with Gasteiger partial charge in [-0.15, -0.1) is 0 Å². The largest absolute Gasteiger partial charge is 0.350 e. The lowest BCUT2D eigenvalue weighted by molar-refractivity contribution is 0.0900. The molecule has 1 aliphatic rings. The van der Waals surface area contributed by atoms with Gasteiger partial charge in [-0.3, -0.25) is 14.5 Å². The Morgan fingerprint density at radius 1 is 1.29 bits per heavy atom. The standard InChI is InChI=1S/C18H22FN3O2/c1-18(2,22-7-3-4-8-22)11-20-16(23)14-9-12-5-6-13(19)10-15(12)21-17(14)24/h5-6,9-10H,3-4,7-8,11H2,1-2H3,(H,20,23)(H,21,24). The molecule has 1 fully saturated rings. The van der Waals surface area contributed by atoms with Gasteiger partial charge in [-0.25, -0.2) is 4.39 Å². The van der Waals surface area contributed by atoms with Crippen molar-refractivity contribution in [3.63, 3.8) is 0 Å². The Bertz CT molecular complexity index is 823. The van der Waals surface area contributed by atoms with Crippen LogP contribution in [0.3, 0.4) is 0 Å². The molecule has 0 unspecified atom stereocenters. The van der Waals surface area contributed by atoms with Gasteiger partial charge in [-0.1, -0.05) is 0 Å². The molecule has 2 heterocycles. The number of nitrogens with one attached hydrogen (secondary N) is 2. The molecule has 6 heteroatoms. The fourth-order valence-electron chi connectivity index (χ4n) is 3.17. The van der Waals surface area contributed by atoms with Crippen LogP contribution in [0.1, 0.15) is 37.0 Å². The summed E-state index contributed by atoms with van der Waals surface area (Å²) in [6.45, 7) is 6.71. The van der Waals surface area contributed by atoms with E-state index in [0.29, 0.717) is 17.4 Å². The molecule has 2 N–H and O–H groups in total. The molecule has 3 rings (SSSR count). The second-order valence-electron chi connectivity index (χ2n) is 6.93. The van der Waals surface area contributed by atoms with E-state index in [9.17, 15) is 14.0 Å². The summed E-state index contributed by atoms with van der Waals surface area (Å²) in [7, 11) is 0. The van der Waals surface area contributed by atoms with Crippen LogP contribution in [0.4, 0.5) is 4.39 Å². The summed E-state index contributed by atoms with van der Waals surface area (Å²) < 4.78 is 13.2. The van der Waals surface area contributed by atoms with E-state index in [1.807, 2.05) is 0 Å². The maximum atomic E-state index is 13.2. The van der Waals surface area contributed by atoms with Crippen molar-refractivity contribution in [3.8, 4) is 0 Å². The van der Waals surface area contributed by atoms with Crippen molar-refractivity contribution in [1.82, 2.24) is 15.2 Å². The average molecular weight is 331 g/mol. The monoisotopic (exact) mass is 331 g/mol. The van der Waals surface area contributed by atoms with Crippen LogP contribution in [-0.4, -0.2) is 41.0 Å². The third-order valence-electron chi connectivity index (χ3n) is 4.70. The number of fused-ring (bicyclic) bond motifs is 1. The lowest BCUT2D eigenvalue weighted by Crippen LogP contribution is -2.50. The molecule has 128 valence electrons. The van der Waals surface area contributed by atoms with E-state index in [-0.39, 0.29) is 11.1 Å². The number of aromatic nitrogens is 1. The number of carbonyl (C=O) groups excluding carboxylic acids is 1. The maximum Gasteiger partial charge on any atom is 0.261 e. The van der Waals surface area contributed by atoms with Crippen molar-refractivity contribution in [2.75, 3.05) is 19.6 Å². The Labute approximate surface area is 139 Å². The first-order valence-electron chi connectivity index (χ1n) is 8.23. The number of amides is 1. The molecule has 1 aliphatic heterocycles. The Morgan fingerprint density at radius 2 is 2.00 bits per heavy atom. The first-order chi connectivity index (χ1) is 11.4. The highest BCUT2D eigenvalue weighted by molar-refractivity contribution is 5.97. The van der Waals surface area contributed by atoms with Gasteiger partial charge in [0.2, 0.25) is 0 Å². The molecule has 5 nitrogen and oxygen atoms in total. The van der Waals surface area contributed by atoms with Crippen molar-refractivity contribution in [3.05, 3.63) is 46.0 Å². The molecule has 1 saturated heterocycles. The Morgan fingerprint density at radius 3 is 2.71 bits per heavy atom. The third-order valence-corrected chi connectivity index (χ3v) is 4.70. The summed E-state index contributed by atoms with van der Waals surface area (Å²) in [4.78, 5) is 29.4. The van der Waals surface area contributed by atoms with Crippen LogP contribution in [0, 0.1) is 5.82 Å². The first-order valence-corrected chi connectivity index (χ1v) is 8.23. The summed E-state index contributed by atoms with van der Waals surface area (Å²) in [5.41, 5.74) is -0.233. The third kappa shape index (κ3) is 3.33. The van der Waals surface area contributed by atoms with Crippen molar-refractivity contribution in [2.24, 2.45) is 0 Å². The quantitative estimate of drug-likeness (QED) is 0.903. The normalized spacial score (nSPS) is 15.8. The molecule has 0 spiro atoms. The van der Waals surface area contributed by atoms with Gasteiger partial charge in [0, 0.05) is 12.1 Å². The fourth-order valence-corrected chi connectivity index (χ4v) is 3.17. The van der Waals surface area contributed by atoms with Crippen molar-refractivity contribution < 1.29 is 9.18 Å². The van der Waals surface area contributed by atoms with Crippen LogP contribution in [0.2, 0.25) is 0 Å². The molecule has 0 atom stereocenters. The Balaban J connectivity index is 1.77. The number of hydrogen-bond acceptors (Lipinski definition) is 3. The van der Waals surface area contributed by atoms with Crippen LogP contribution in [0.25, 0.3) is 10.9 Å². The van der Waals surface area contributed by atoms with E-state index in [1.54, 1.807) is 6.07 Å². The number of H-pyrrole nitrogens is 1. The molecule has 24 heavy (non-hydrogen) atoms. The minimum Gasteiger partial charge on any atom is -0.350 e. The van der Waals surface area contributed by atoms with Crippen molar-refractivity contribution >= 4 is 16.8 Å². The predicted octanol–water partition coefficient (Wildman–Crippen LogP) is 2.27. The molecule has 0 radical (unpaired) electrons. The van der Waals surface area contributed by atoms with Crippen LogP contribution in [-0.2, 0) is 0 Å². The Kier molecular flexibility index (Phi) is 4.41. The van der Waals surface area contributed by atoms with Gasteiger partial charge in [0.1, 0.15) is 11.4 Å². The highest BCUT2D eigenvalue weighted by Crippen LogP contribution is 2.20. The number of likely N-dealkylation sites (tertiary alicyclic amines) is 1. The van der Waals surface area contributed by atoms with Gasteiger partial charge in [0.25, 0.3) is 11.5 Å². The zero-order valence-electron chi connectivity index (χ0n) is 14.0. The zero-order valence-corrected chi connectivity index (χ0v) is 14.0. The number of pyridine rings is 1. The minimum atomic E-state index is -0.510. The summed E-state index contributed by atoms with van der Waals surface area (Å²) >= 11 is 0. The van der Waals surface area contributed by atoms with Gasteiger partial charge in [0.15, 0.2) is 0 Å². The Hall–Kier alpha value is -2.21. The lowest BCUT2D eigenvalue weighted by Gasteiger charge is -2.35. The zero-order chi connectivity index (χ0) is 17.3. The summed E-state index contributed by atoms with van der Waals surface area (Å²) in [5.74, 6) is -0.836. The smallest absolute Gasteiger partial charge is 0.261 e. The highest BCUT2D eigenvalue weighted by Gasteiger charge is 2.29. The van der Waals surface area contributed by atoms with Crippen LogP contribution in [0.15, 0.2) is 29.1 Å². The van der Waals surface area contributed by atoms with E-state index in [0.717, 1.165) is 13.1 Å². The summed E-state index contributed by atoms with van der Waals surface area (Å²) in [6, 6.07) is 5.60. The van der Waals surface area contributed by atoms with Crippen molar-refractivity contribution in [2.45, 2.75) is 32.2 Å². The topological polar surface area (TPSA) is 65.2 Å². The number of rotatable bonds is 4. The van der Waals surface area contributed by atoms with Crippen LogP contribution in [0.5, 0.6) is 0 Å². The second kappa shape index (κ2) is 6.36. The predicted molar refractivity (Wildman–Crippen MR) is 91.7 cm³/mol. The molecular formula is C18H22FN3O2. The van der Waals surface area contributed by atoms with Gasteiger partial charge in [-0.05, 0) is 69.4 Å². The number of carbonyl (C=O) groups is 1. The molecule has 2 aromatic rings. The number of benzene rings is 1. The van der Waals surface area contributed by atoms with Gasteiger partial charge in [-0.2, -0.15) is 0 Å². The van der Waals surface area contributed by atoms with E-state index in [1.165, 1.54) is 31.0 Å². The highest BCUT2D eigenvalue weighted by atomic mass is 19.1. The van der Waals surface area contributed by atoms with E-state index >= 15 is 0 Å². The molecule has 0 saturated carbocycles. The minimum absolute atomic E-state index is 0.0475. The summed E-state index contributed by atoms with van der Waals surface area (Å²) in [6.07, 6.45) is 2.36. The molecular weight excluding hydrogens is 309 g/mol. The number of hydrogen-bond donors (Lipinski definition) is 2. The molecule has 1 amide bonds. The number of halogens is 1. The summed E-state index contributed by atoms with van der Waals surface area (Å²) in [5, 5.41) is 3.48. The van der Waals surface area contributed by atoms with Gasteiger partial charge in [0.05, 0.1) is 5.52 Å².